The second-order valence-corrected chi connectivity index (χ2v) is 6.04. The molecule has 2 N–H and O–H groups in total. The van der Waals surface area contributed by atoms with Crippen LogP contribution in [0.3, 0.4) is 0 Å². The van der Waals surface area contributed by atoms with Crippen molar-refractivity contribution in [1.82, 2.24) is 5.32 Å². The van der Waals surface area contributed by atoms with Crippen molar-refractivity contribution in [3.05, 3.63) is 0 Å². The number of aliphatic carboxylic acids is 1. The summed E-state index contributed by atoms with van der Waals surface area (Å²) >= 11 is 0. The van der Waals surface area contributed by atoms with Crippen molar-refractivity contribution in [3.8, 4) is 0 Å². The Morgan fingerprint density at radius 1 is 1.30 bits per heavy atom. The highest BCUT2D eigenvalue weighted by Gasteiger charge is 2.21. The van der Waals surface area contributed by atoms with Gasteiger partial charge in [-0.15, -0.1) is 0 Å². The lowest BCUT2D eigenvalue weighted by molar-refractivity contribution is -0.142. The molecule has 1 amide bonds. The summed E-state index contributed by atoms with van der Waals surface area (Å²) in [4.78, 5) is 22.8. The lowest BCUT2D eigenvalue weighted by Crippen LogP contribution is -2.41. The van der Waals surface area contributed by atoms with Gasteiger partial charge in [0.05, 0.1) is 0 Å². The van der Waals surface area contributed by atoms with Crippen LogP contribution in [0.25, 0.3) is 0 Å². The first-order valence-electron chi connectivity index (χ1n) is 7.59. The third-order valence-electron chi connectivity index (χ3n) is 3.70. The number of carbonyl (C=O) groups excluding carboxylic acids is 1. The van der Waals surface area contributed by atoms with Crippen LogP contribution in [0, 0.1) is 11.8 Å². The first-order chi connectivity index (χ1) is 9.49. The molecule has 1 aliphatic heterocycles. The van der Waals surface area contributed by atoms with Crippen LogP contribution in [0.4, 0.5) is 0 Å². The molecule has 1 rings (SSSR count). The van der Waals surface area contributed by atoms with Crippen LogP contribution >= 0.6 is 0 Å². The van der Waals surface area contributed by atoms with Crippen LogP contribution in [0.5, 0.6) is 0 Å². The van der Waals surface area contributed by atoms with E-state index in [4.69, 9.17) is 9.84 Å². The molecule has 1 atom stereocenters. The number of carbonyl (C=O) groups is 2. The van der Waals surface area contributed by atoms with E-state index in [1.54, 1.807) is 0 Å². The number of hydrogen-bond acceptors (Lipinski definition) is 3. The highest BCUT2D eigenvalue weighted by atomic mass is 16.5. The molecule has 0 aromatic heterocycles. The molecule has 1 aliphatic rings. The van der Waals surface area contributed by atoms with Crippen molar-refractivity contribution in [2.45, 2.75) is 58.4 Å². The molecular weight excluding hydrogens is 258 g/mol. The van der Waals surface area contributed by atoms with Gasteiger partial charge in [-0.05, 0) is 43.9 Å². The zero-order valence-electron chi connectivity index (χ0n) is 12.6. The Morgan fingerprint density at radius 3 is 2.50 bits per heavy atom. The van der Waals surface area contributed by atoms with Crippen LogP contribution in [-0.4, -0.2) is 36.2 Å². The van der Waals surface area contributed by atoms with Gasteiger partial charge in [0.25, 0.3) is 0 Å². The minimum Gasteiger partial charge on any atom is -0.480 e. The topological polar surface area (TPSA) is 75.6 Å². The molecular formula is C15H27NO4. The van der Waals surface area contributed by atoms with Crippen LogP contribution in [-0.2, 0) is 14.3 Å². The number of hydrogen-bond donors (Lipinski definition) is 2. The van der Waals surface area contributed by atoms with E-state index in [9.17, 15) is 9.59 Å². The van der Waals surface area contributed by atoms with Crippen molar-refractivity contribution in [2.75, 3.05) is 13.2 Å². The van der Waals surface area contributed by atoms with Gasteiger partial charge in [0.1, 0.15) is 6.04 Å². The van der Waals surface area contributed by atoms with Gasteiger partial charge < -0.3 is 15.2 Å². The fraction of sp³-hybridized carbons (Fsp3) is 0.867. The standard InChI is InChI=1S/C15H27NO4/c1-11(2)10-13(15(18)19)16-14(17)5-3-4-12-6-8-20-9-7-12/h11-13H,3-10H2,1-2H3,(H,16,17)(H,18,19)/t13-/m1/s1. The molecule has 20 heavy (non-hydrogen) atoms. The SMILES string of the molecule is CC(C)C[C@@H](NC(=O)CCCC1CCOCC1)C(=O)O. The van der Waals surface area contributed by atoms with Gasteiger partial charge >= 0.3 is 5.97 Å². The van der Waals surface area contributed by atoms with E-state index >= 15 is 0 Å². The lowest BCUT2D eigenvalue weighted by Gasteiger charge is -2.22. The number of carboxylic acid groups (broad SMARTS) is 1. The third-order valence-corrected chi connectivity index (χ3v) is 3.70. The largest absolute Gasteiger partial charge is 0.480 e. The molecule has 5 heteroatoms. The van der Waals surface area contributed by atoms with E-state index in [0.29, 0.717) is 18.8 Å². The number of amides is 1. The first kappa shape index (κ1) is 17.0. The summed E-state index contributed by atoms with van der Waals surface area (Å²) < 4.78 is 5.30. The normalized spacial score (nSPS) is 17.9. The van der Waals surface area contributed by atoms with Gasteiger partial charge in [0, 0.05) is 19.6 Å². The molecule has 0 radical (unpaired) electrons. The Morgan fingerprint density at radius 2 is 1.95 bits per heavy atom. The maximum atomic E-state index is 11.8. The summed E-state index contributed by atoms with van der Waals surface area (Å²) in [5.74, 6) is -0.192. The van der Waals surface area contributed by atoms with E-state index in [1.807, 2.05) is 13.8 Å². The van der Waals surface area contributed by atoms with Gasteiger partial charge in [0.15, 0.2) is 0 Å². The maximum Gasteiger partial charge on any atom is 0.326 e. The van der Waals surface area contributed by atoms with Crippen LogP contribution < -0.4 is 5.32 Å². The summed E-state index contributed by atoms with van der Waals surface area (Å²) in [5.41, 5.74) is 0. The zero-order valence-corrected chi connectivity index (χ0v) is 12.6. The highest BCUT2D eigenvalue weighted by molar-refractivity contribution is 5.83. The molecule has 0 aromatic carbocycles. The molecule has 0 saturated carbocycles. The molecule has 116 valence electrons. The van der Waals surface area contributed by atoms with Crippen LogP contribution in [0.15, 0.2) is 0 Å². The van der Waals surface area contributed by atoms with E-state index in [-0.39, 0.29) is 11.8 Å². The Bertz CT molecular complexity index is 311. The first-order valence-corrected chi connectivity index (χ1v) is 7.59. The number of carboxylic acids is 1. The van der Waals surface area contributed by atoms with Crippen LogP contribution in [0.1, 0.15) is 52.4 Å². The molecule has 0 spiro atoms. The molecule has 0 aromatic rings. The Kier molecular flexibility index (Phi) is 7.59. The van der Waals surface area contributed by atoms with Gasteiger partial charge in [-0.25, -0.2) is 4.79 Å². The predicted molar refractivity (Wildman–Crippen MR) is 76.4 cm³/mol. The predicted octanol–water partition coefficient (Wildman–Crippen LogP) is 2.20. The smallest absolute Gasteiger partial charge is 0.326 e. The molecule has 0 bridgehead atoms. The van der Waals surface area contributed by atoms with Gasteiger partial charge in [-0.3, -0.25) is 4.79 Å². The van der Waals surface area contributed by atoms with E-state index < -0.39 is 12.0 Å². The second kappa shape index (κ2) is 8.95. The average molecular weight is 285 g/mol. The Hall–Kier alpha value is -1.10. The van der Waals surface area contributed by atoms with Gasteiger partial charge in [-0.2, -0.15) is 0 Å². The molecule has 5 nitrogen and oxygen atoms in total. The highest BCUT2D eigenvalue weighted by Crippen LogP contribution is 2.20. The molecule has 0 unspecified atom stereocenters. The van der Waals surface area contributed by atoms with Crippen molar-refractivity contribution in [1.29, 1.82) is 0 Å². The van der Waals surface area contributed by atoms with E-state index in [2.05, 4.69) is 5.32 Å². The summed E-state index contributed by atoms with van der Waals surface area (Å²) in [7, 11) is 0. The third kappa shape index (κ3) is 6.89. The monoisotopic (exact) mass is 285 g/mol. The Labute approximate surface area is 121 Å². The fourth-order valence-electron chi connectivity index (χ4n) is 2.55. The number of ether oxygens (including phenoxy) is 1. The van der Waals surface area contributed by atoms with Crippen molar-refractivity contribution < 1.29 is 19.4 Å². The average Bonchev–Trinajstić information content (AvgIpc) is 2.38. The lowest BCUT2D eigenvalue weighted by atomic mass is 9.94. The van der Waals surface area contributed by atoms with Gasteiger partial charge in [-0.1, -0.05) is 13.8 Å². The minimum atomic E-state index is -0.948. The number of rotatable bonds is 8. The quantitative estimate of drug-likeness (QED) is 0.717. The fourth-order valence-corrected chi connectivity index (χ4v) is 2.55. The summed E-state index contributed by atoms with van der Waals surface area (Å²) in [6.07, 6.45) is 4.89. The zero-order chi connectivity index (χ0) is 15.0. The van der Waals surface area contributed by atoms with Crippen molar-refractivity contribution >= 4 is 11.9 Å². The van der Waals surface area contributed by atoms with Crippen LogP contribution in [0.2, 0.25) is 0 Å². The summed E-state index contributed by atoms with van der Waals surface area (Å²) in [6.45, 7) is 5.55. The van der Waals surface area contributed by atoms with Crippen molar-refractivity contribution in [3.63, 3.8) is 0 Å². The number of nitrogens with one attached hydrogen (secondary N) is 1. The van der Waals surface area contributed by atoms with Gasteiger partial charge in [0.2, 0.25) is 5.91 Å². The minimum absolute atomic E-state index is 0.148. The molecule has 0 aliphatic carbocycles. The molecule has 1 saturated heterocycles. The van der Waals surface area contributed by atoms with E-state index in [1.165, 1.54) is 0 Å². The maximum absolute atomic E-state index is 11.8. The molecule has 1 heterocycles. The molecule has 1 fully saturated rings. The van der Waals surface area contributed by atoms with E-state index in [0.717, 1.165) is 38.9 Å². The van der Waals surface area contributed by atoms with Crippen molar-refractivity contribution in [2.24, 2.45) is 11.8 Å². The Balaban J connectivity index is 2.21. The summed E-state index contributed by atoms with van der Waals surface area (Å²) in [6, 6.07) is -0.759. The summed E-state index contributed by atoms with van der Waals surface area (Å²) in [5, 5.41) is 11.7. The second-order valence-electron chi connectivity index (χ2n) is 6.04.